The Morgan fingerprint density at radius 1 is 1.17 bits per heavy atom. The van der Waals surface area contributed by atoms with Crippen molar-refractivity contribution < 1.29 is 9.90 Å². The highest BCUT2D eigenvalue weighted by Gasteiger charge is 2.10. The monoisotopic (exact) mass is 260 g/mol. The lowest BCUT2D eigenvalue weighted by molar-refractivity contribution is 0.0940. The molecule has 92 valence electrons. The number of rotatable bonds is 4. The second kappa shape index (κ2) is 5.37. The van der Waals surface area contributed by atoms with Gasteiger partial charge >= 0.3 is 0 Å². The average Bonchev–Trinajstić information content (AvgIpc) is 2.90. The third-order valence-corrected chi connectivity index (χ3v) is 3.22. The van der Waals surface area contributed by atoms with E-state index in [2.05, 4.69) is 17.4 Å². The van der Waals surface area contributed by atoms with E-state index in [1.807, 2.05) is 17.5 Å². The largest absolute Gasteiger partial charge is 0.507 e. The summed E-state index contributed by atoms with van der Waals surface area (Å²) >= 11 is 1.52. The lowest BCUT2D eigenvalue weighted by Gasteiger charge is -2.10. The SMILES string of the molecule is C=C(NNC(=O)c1ccccc1O)c1cccs1. The van der Waals surface area contributed by atoms with Crippen LogP contribution in [-0.4, -0.2) is 11.0 Å². The van der Waals surface area contributed by atoms with Crippen LogP contribution in [0.4, 0.5) is 0 Å². The van der Waals surface area contributed by atoms with Crippen molar-refractivity contribution in [1.29, 1.82) is 0 Å². The molecule has 1 aromatic carbocycles. The number of amides is 1. The number of hydrogen-bond donors (Lipinski definition) is 3. The molecule has 3 N–H and O–H groups in total. The molecule has 5 heteroatoms. The average molecular weight is 260 g/mol. The Morgan fingerprint density at radius 3 is 2.61 bits per heavy atom. The smallest absolute Gasteiger partial charge is 0.273 e. The van der Waals surface area contributed by atoms with Crippen LogP contribution in [0.25, 0.3) is 5.70 Å². The molecule has 0 radical (unpaired) electrons. The summed E-state index contributed by atoms with van der Waals surface area (Å²) in [6.45, 7) is 3.81. The van der Waals surface area contributed by atoms with Gasteiger partial charge in [0.25, 0.3) is 5.91 Å². The zero-order chi connectivity index (χ0) is 13.0. The molecule has 1 aromatic heterocycles. The molecule has 18 heavy (non-hydrogen) atoms. The van der Waals surface area contributed by atoms with E-state index in [1.54, 1.807) is 18.2 Å². The van der Waals surface area contributed by atoms with E-state index in [0.717, 1.165) is 4.88 Å². The fourth-order valence-corrected chi connectivity index (χ4v) is 2.03. The first-order valence-electron chi connectivity index (χ1n) is 5.25. The van der Waals surface area contributed by atoms with Gasteiger partial charge in [-0.1, -0.05) is 24.8 Å². The summed E-state index contributed by atoms with van der Waals surface area (Å²) in [6.07, 6.45) is 0. The molecule has 0 fully saturated rings. The number of hydrogen-bond acceptors (Lipinski definition) is 4. The molecule has 0 spiro atoms. The fraction of sp³-hybridized carbons (Fsp3) is 0. The number of carbonyl (C=O) groups is 1. The fourth-order valence-electron chi connectivity index (χ4n) is 1.38. The predicted octanol–water partition coefficient (Wildman–Crippen LogP) is 2.36. The predicted molar refractivity (Wildman–Crippen MR) is 72.1 cm³/mol. The van der Waals surface area contributed by atoms with Crippen molar-refractivity contribution in [3.8, 4) is 5.75 Å². The molecule has 1 heterocycles. The summed E-state index contributed by atoms with van der Waals surface area (Å²) in [4.78, 5) is 12.7. The van der Waals surface area contributed by atoms with E-state index in [4.69, 9.17) is 0 Å². The number of aromatic hydroxyl groups is 1. The van der Waals surface area contributed by atoms with Crippen LogP contribution in [0.5, 0.6) is 5.75 Å². The topological polar surface area (TPSA) is 61.4 Å². The molecule has 0 aliphatic carbocycles. The molecule has 0 bridgehead atoms. The van der Waals surface area contributed by atoms with Gasteiger partial charge in [0.05, 0.1) is 16.1 Å². The maximum absolute atomic E-state index is 11.8. The number of carbonyl (C=O) groups excluding carboxylic acids is 1. The first-order chi connectivity index (χ1) is 8.68. The molecule has 1 amide bonds. The molecule has 0 aliphatic heterocycles. The van der Waals surface area contributed by atoms with Gasteiger partial charge in [0.15, 0.2) is 0 Å². The van der Waals surface area contributed by atoms with Gasteiger partial charge in [0.1, 0.15) is 5.75 Å². The van der Waals surface area contributed by atoms with Crippen molar-refractivity contribution >= 4 is 22.9 Å². The van der Waals surface area contributed by atoms with E-state index in [9.17, 15) is 9.90 Å². The van der Waals surface area contributed by atoms with Gasteiger partial charge in [-0.2, -0.15) is 0 Å². The standard InChI is InChI=1S/C13H12N2O2S/c1-9(12-7-4-8-18-12)14-15-13(17)10-5-2-3-6-11(10)16/h2-8,14,16H,1H2,(H,15,17). The Balaban J connectivity index is 1.97. The van der Waals surface area contributed by atoms with Crippen molar-refractivity contribution in [2.75, 3.05) is 0 Å². The zero-order valence-corrected chi connectivity index (χ0v) is 10.3. The first-order valence-corrected chi connectivity index (χ1v) is 6.13. The van der Waals surface area contributed by atoms with Crippen LogP contribution in [-0.2, 0) is 0 Å². The number of hydrazine groups is 1. The van der Waals surface area contributed by atoms with Crippen LogP contribution >= 0.6 is 11.3 Å². The minimum Gasteiger partial charge on any atom is -0.507 e. The van der Waals surface area contributed by atoms with E-state index >= 15 is 0 Å². The van der Waals surface area contributed by atoms with Crippen LogP contribution in [0.15, 0.2) is 48.4 Å². The number of para-hydroxylation sites is 1. The second-order valence-corrected chi connectivity index (χ2v) is 4.50. The molecule has 4 nitrogen and oxygen atoms in total. The van der Waals surface area contributed by atoms with Crippen LogP contribution in [0.2, 0.25) is 0 Å². The number of nitrogens with one attached hydrogen (secondary N) is 2. The highest BCUT2D eigenvalue weighted by atomic mass is 32.1. The maximum Gasteiger partial charge on any atom is 0.273 e. The number of thiophene rings is 1. The molecule has 0 unspecified atom stereocenters. The summed E-state index contributed by atoms with van der Waals surface area (Å²) in [6, 6.07) is 10.1. The van der Waals surface area contributed by atoms with Crippen molar-refractivity contribution in [1.82, 2.24) is 10.9 Å². The van der Waals surface area contributed by atoms with E-state index in [-0.39, 0.29) is 11.3 Å². The molecule has 0 saturated carbocycles. The van der Waals surface area contributed by atoms with E-state index in [0.29, 0.717) is 5.70 Å². The van der Waals surface area contributed by atoms with Crippen molar-refractivity contribution in [3.05, 3.63) is 58.8 Å². The second-order valence-electron chi connectivity index (χ2n) is 3.55. The summed E-state index contributed by atoms with van der Waals surface area (Å²) in [5.41, 5.74) is 6.02. The van der Waals surface area contributed by atoms with Crippen molar-refractivity contribution in [2.24, 2.45) is 0 Å². The van der Waals surface area contributed by atoms with Crippen molar-refractivity contribution in [2.45, 2.75) is 0 Å². The van der Waals surface area contributed by atoms with Crippen molar-refractivity contribution in [3.63, 3.8) is 0 Å². The third kappa shape index (κ3) is 2.70. The molecule has 0 atom stereocenters. The summed E-state index contributed by atoms with van der Waals surface area (Å²) in [5, 5.41) is 11.4. The van der Waals surface area contributed by atoms with Crippen LogP contribution in [0.3, 0.4) is 0 Å². The molecular weight excluding hydrogens is 248 g/mol. The van der Waals surface area contributed by atoms with Gasteiger partial charge in [-0.3, -0.25) is 15.6 Å². The minimum absolute atomic E-state index is 0.0569. The zero-order valence-electron chi connectivity index (χ0n) is 9.51. The van der Waals surface area contributed by atoms with Crippen LogP contribution in [0, 0.1) is 0 Å². The van der Waals surface area contributed by atoms with Gasteiger partial charge in [-0.25, -0.2) is 0 Å². The molecule has 2 rings (SSSR count). The van der Waals surface area contributed by atoms with Gasteiger partial charge in [-0.05, 0) is 23.6 Å². The Hall–Kier alpha value is -2.27. The maximum atomic E-state index is 11.8. The highest BCUT2D eigenvalue weighted by molar-refractivity contribution is 7.11. The first kappa shape index (κ1) is 12.2. The van der Waals surface area contributed by atoms with Crippen LogP contribution in [0.1, 0.15) is 15.2 Å². The Bertz CT molecular complexity index is 564. The van der Waals surface area contributed by atoms with E-state index in [1.165, 1.54) is 17.4 Å². The quantitative estimate of drug-likeness (QED) is 0.739. The number of phenols is 1. The lowest BCUT2D eigenvalue weighted by Crippen LogP contribution is -2.35. The molecule has 2 aromatic rings. The third-order valence-electron chi connectivity index (χ3n) is 2.29. The number of phenolic OH excluding ortho intramolecular Hbond substituents is 1. The lowest BCUT2D eigenvalue weighted by atomic mass is 10.2. The Morgan fingerprint density at radius 2 is 1.94 bits per heavy atom. The van der Waals surface area contributed by atoms with Gasteiger partial charge in [0, 0.05) is 0 Å². The van der Waals surface area contributed by atoms with E-state index < -0.39 is 5.91 Å². The molecule has 0 saturated heterocycles. The Kier molecular flexibility index (Phi) is 3.64. The summed E-state index contributed by atoms with van der Waals surface area (Å²) in [7, 11) is 0. The summed E-state index contributed by atoms with van der Waals surface area (Å²) in [5.74, 6) is -0.468. The highest BCUT2D eigenvalue weighted by Crippen LogP contribution is 2.16. The minimum atomic E-state index is -0.411. The van der Waals surface area contributed by atoms with Gasteiger partial charge in [0.2, 0.25) is 0 Å². The van der Waals surface area contributed by atoms with Gasteiger partial charge in [-0.15, -0.1) is 11.3 Å². The van der Waals surface area contributed by atoms with Crippen LogP contribution < -0.4 is 10.9 Å². The molecule has 0 aliphatic rings. The Labute approximate surface area is 109 Å². The number of benzene rings is 1. The normalized spacial score (nSPS) is 9.78. The molecular formula is C13H12N2O2S. The summed E-state index contributed by atoms with van der Waals surface area (Å²) < 4.78 is 0. The van der Waals surface area contributed by atoms with Gasteiger partial charge < -0.3 is 5.11 Å².